The van der Waals surface area contributed by atoms with Gasteiger partial charge in [0, 0.05) is 38.6 Å². The molecule has 0 radical (unpaired) electrons. The number of carboxylic acids is 2. The Morgan fingerprint density at radius 2 is 1.38 bits per heavy atom. The van der Waals surface area contributed by atoms with Gasteiger partial charge in [-0.25, -0.2) is 9.59 Å². The molecule has 2 N–H and O–H groups in total. The van der Waals surface area contributed by atoms with Crippen molar-refractivity contribution in [2.75, 3.05) is 14.1 Å². The first-order chi connectivity index (χ1) is 7.34. The Morgan fingerprint density at radius 3 is 1.50 bits per heavy atom. The fraction of sp³-hybridized carbons (Fsp3) is 0.400. The highest BCUT2D eigenvalue weighted by atomic mass is 16.4. The van der Waals surface area contributed by atoms with Gasteiger partial charge in [-0.05, 0) is 6.92 Å². The minimum Gasteiger partial charge on any atom is -0.478 e. The topological polar surface area (TPSA) is 81.1 Å². The summed E-state index contributed by atoms with van der Waals surface area (Å²) in [5.41, 5.74) is 0. The molecular weight excluding hydrogens is 212 g/mol. The largest absolute Gasteiger partial charge is 0.478 e. The molecule has 0 saturated carbocycles. The van der Waals surface area contributed by atoms with E-state index in [1.807, 2.05) is 0 Å². The Balaban J connectivity index is 0.000000281. The highest BCUT2D eigenvalue weighted by Gasteiger charge is 2.12. The Labute approximate surface area is 94.1 Å². The zero-order valence-electron chi connectivity index (χ0n) is 9.49. The predicted molar refractivity (Wildman–Crippen MR) is 58.5 cm³/mol. The van der Waals surface area contributed by atoms with Gasteiger partial charge in [0.05, 0.1) is 6.17 Å². The van der Waals surface area contributed by atoms with Crippen molar-refractivity contribution < 1.29 is 19.8 Å². The minimum absolute atomic E-state index is 0.537. The summed E-state index contributed by atoms with van der Waals surface area (Å²) in [7, 11) is 4.15. The van der Waals surface area contributed by atoms with E-state index < -0.39 is 11.9 Å². The number of hydrogen-bond acceptors (Lipinski definition) is 4. The summed E-state index contributed by atoms with van der Waals surface area (Å²) in [6.45, 7) is 2.17. The van der Waals surface area contributed by atoms with Gasteiger partial charge in [0.25, 0.3) is 0 Å². The number of nitrogens with zero attached hydrogens (tertiary/aromatic N) is 2. The van der Waals surface area contributed by atoms with E-state index in [4.69, 9.17) is 10.2 Å². The van der Waals surface area contributed by atoms with Crippen LogP contribution < -0.4 is 0 Å². The average Bonchev–Trinajstić information content (AvgIpc) is 2.47. The van der Waals surface area contributed by atoms with E-state index in [1.54, 1.807) is 0 Å². The molecule has 0 aliphatic carbocycles. The van der Waals surface area contributed by atoms with Gasteiger partial charge < -0.3 is 20.0 Å². The highest BCUT2D eigenvalue weighted by Crippen LogP contribution is 2.08. The van der Waals surface area contributed by atoms with Crippen molar-refractivity contribution >= 4 is 11.9 Å². The van der Waals surface area contributed by atoms with E-state index in [9.17, 15) is 9.59 Å². The molecule has 1 rings (SSSR count). The molecule has 90 valence electrons. The predicted octanol–water partition coefficient (Wildman–Crippen LogP) is 0.393. The lowest BCUT2D eigenvalue weighted by Gasteiger charge is -2.22. The van der Waals surface area contributed by atoms with Gasteiger partial charge in [-0.1, -0.05) is 0 Å². The number of carboxylic acid groups (broad SMARTS) is 2. The third-order valence-corrected chi connectivity index (χ3v) is 2.08. The van der Waals surface area contributed by atoms with Crippen molar-refractivity contribution in [3.8, 4) is 0 Å². The van der Waals surface area contributed by atoms with Crippen LogP contribution in [0.5, 0.6) is 0 Å². The summed E-state index contributed by atoms with van der Waals surface area (Å²) >= 11 is 0. The summed E-state index contributed by atoms with van der Waals surface area (Å²) < 4.78 is 0. The maximum atomic E-state index is 9.55. The molecule has 1 aliphatic heterocycles. The molecule has 16 heavy (non-hydrogen) atoms. The monoisotopic (exact) mass is 228 g/mol. The second-order valence-corrected chi connectivity index (χ2v) is 3.27. The van der Waals surface area contributed by atoms with Crippen LogP contribution in [-0.4, -0.2) is 52.2 Å². The summed E-state index contributed by atoms with van der Waals surface area (Å²) in [5, 5.41) is 15.6. The normalized spacial score (nSPS) is 15.2. The van der Waals surface area contributed by atoms with Crippen molar-refractivity contribution in [1.29, 1.82) is 0 Å². The van der Waals surface area contributed by atoms with Gasteiger partial charge in [0.1, 0.15) is 0 Å². The summed E-state index contributed by atoms with van der Waals surface area (Å²) in [6.07, 6.45) is 5.80. The number of hydrogen-bond donors (Lipinski definition) is 2. The molecule has 0 bridgehead atoms. The molecule has 0 spiro atoms. The van der Waals surface area contributed by atoms with E-state index in [0.29, 0.717) is 18.3 Å². The Morgan fingerprint density at radius 1 is 1.06 bits per heavy atom. The van der Waals surface area contributed by atoms with E-state index in [-0.39, 0.29) is 0 Å². The summed E-state index contributed by atoms with van der Waals surface area (Å²) in [6, 6.07) is 0. The summed E-state index contributed by atoms with van der Waals surface area (Å²) in [5.74, 6) is -2.51. The molecule has 0 amide bonds. The maximum Gasteiger partial charge on any atom is 0.328 e. The number of carbonyl (C=O) groups is 2. The first-order valence-electron chi connectivity index (χ1n) is 4.60. The molecular formula is C10H16N2O4. The minimum atomic E-state index is -1.26. The van der Waals surface area contributed by atoms with Crippen LogP contribution >= 0.6 is 0 Å². The molecule has 0 unspecified atom stereocenters. The van der Waals surface area contributed by atoms with Crippen LogP contribution in [0.2, 0.25) is 0 Å². The lowest BCUT2D eigenvalue weighted by molar-refractivity contribution is -0.134. The standard InChI is InChI=1S/C6H12N2.C4H4O4/c1-6-7(2)4-5-8(6)3;5-3(6)1-2-4(7)8/h4-6H,1-3H3;1-2H,(H,5,6)(H,7,8)/b;2-1-. The fourth-order valence-electron chi connectivity index (χ4n) is 0.889. The smallest absolute Gasteiger partial charge is 0.328 e. The summed E-state index contributed by atoms with van der Waals surface area (Å²) in [4.78, 5) is 23.4. The maximum absolute atomic E-state index is 9.55. The second kappa shape index (κ2) is 6.49. The molecule has 0 aromatic rings. The van der Waals surface area contributed by atoms with Crippen molar-refractivity contribution in [1.82, 2.24) is 9.80 Å². The van der Waals surface area contributed by atoms with Gasteiger partial charge >= 0.3 is 11.9 Å². The Bertz CT molecular complexity index is 284. The third-order valence-electron chi connectivity index (χ3n) is 2.08. The first-order valence-corrected chi connectivity index (χ1v) is 4.60. The van der Waals surface area contributed by atoms with Crippen molar-refractivity contribution in [2.45, 2.75) is 13.1 Å². The van der Waals surface area contributed by atoms with Crippen molar-refractivity contribution in [2.24, 2.45) is 0 Å². The zero-order chi connectivity index (χ0) is 12.7. The van der Waals surface area contributed by atoms with Crippen molar-refractivity contribution in [3.05, 3.63) is 24.6 Å². The first kappa shape index (κ1) is 14.0. The van der Waals surface area contributed by atoms with Crippen LogP contribution in [0.25, 0.3) is 0 Å². The third kappa shape index (κ3) is 5.69. The van der Waals surface area contributed by atoms with E-state index in [1.165, 1.54) is 0 Å². The van der Waals surface area contributed by atoms with Crippen LogP contribution in [0.1, 0.15) is 6.92 Å². The van der Waals surface area contributed by atoms with E-state index >= 15 is 0 Å². The van der Waals surface area contributed by atoms with E-state index in [2.05, 4.69) is 43.2 Å². The second-order valence-electron chi connectivity index (χ2n) is 3.27. The molecule has 0 saturated heterocycles. The van der Waals surface area contributed by atoms with E-state index in [0.717, 1.165) is 0 Å². The lowest BCUT2D eigenvalue weighted by atomic mass is 10.5. The number of rotatable bonds is 2. The molecule has 0 aromatic heterocycles. The lowest BCUT2D eigenvalue weighted by Crippen LogP contribution is -2.30. The van der Waals surface area contributed by atoms with Gasteiger partial charge in [0.15, 0.2) is 0 Å². The average molecular weight is 228 g/mol. The van der Waals surface area contributed by atoms with Crippen LogP contribution in [0, 0.1) is 0 Å². The van der Waals surface area contributed by atoms with Crippen molar-refractivity contribution in [3.63, 3.8) is 0 Å². The SMILES string of the molecule is CC1N(C)C=CN1C.O=C(O)/C=C\C(=O)O. The van der Waals surface area contributed by atoms with Crippen LogP contribution in [0.4, 0.5) is 0 Å². The molecule has 1 heterocycles. The number of aliphatic carboxylic acids is 2. The van der Waals surface area contributed by atoms with Crippen LogP contribution in [0.3, 0.4) is 0 Å². The molecule has 0 fully saturated rings. The van der Waals surface area contributed by atoms with Gasteiger partial charge in [0.2, 0.25) is 0 Å². The van der Waals surface area contributed by atoms with Gasteiger partial charge in [-0.2, -0.15) is 0 Å². The Kier molecular flexibility index (Phi) is 5.69. The molecule has 6 nitrogen and oxygen atoms in total. The quantitative estimate of drug-likeness (QED) is 0.665. The van der Waals surface area contributed by atoms with Crippen LogP contribution in [-0.2, 0) is 9.59 Å². The molecule has 0 atom stereocenters. The van der Waals surface area contributed by atoms with Crippen LogP contribution in [0.15, 0.2) is 24.6 Å². The van der Waals surface area contributed by atoms with Gasteiger partial charge in [-0.15, -0.1) is 0 Å². The molecule has 0 aromatic carbocycles. The Hall–Kier alpha value is -1.98. The molecule has 6 heteroatoms. The molecule has 1 aliphatic rings. The van der Waals surface area contributed by atoms with Gasteiger partial charge in [-0.3, -0.25) is 0 Å². The fourth-order valence-corrected chi connectivity index (χ4v) is 0.889. The highest BCUT2D eigenvalue weighted by molar-refractivity contribution is 5.89. The zero-order valence-corrected chi connectivity index (χ0v) is 9.49.